The predicted molar refractivity (Wildman–Crippen MR) is 131 cm³/mol. The highest BCUT2D eigenvalue weighted by Crippen LogP contribution is 2.30. The van der Waals surface area contributed by atoms with Crippen molar-refractivity contribution in [1.82, 2.24) is 10.9 Å². The van der Waals surface area contributed by atoms with E-state index in [0.29, 0.717) is 6.42 Å². The zero-order valence-electron chi connectivity index (χ0n) is 17.3. The predicted octanol–water partition coefficient (Wildman–Crippen LogP) is 5.12. The third-order valence-electron chi connectivity index (χ3n) is 4.35. The number of nitrogens with zero attached hydrogens (tertiary/aromatic N) is 2. The van der Waals surface area contributed by atoms with Crippen LogP contribution < -0.4 is 10.9 Å². The summed E-state index contributed by atoms with van der Waals surface area (Å²) in [5.74, 6) is -2.94. The van der Waals surface area contributed by atoms with Gasteiger partial charge in [-0.2, -0.15) is 10.2 Å². The minimum atomic E-state index is -1.09. The van der Waals surface area contributed by atoms with Crippen LogP contribution in [-0.2, 0) is 9.59 Å². The van der Waals surface area contributed by atoms with Crippen molar-refractivity contribution < 1.29 is 19.8 Å². The van der Waals surface area contributed by atoms with Crippen molar-refractivity contribution in [3.63, 3.8) is 0 Å². The van der Waals surface area contributed by atoms with Gasteiger partial charge in [-0.15, -0.1) is 0 Å². The molecule has 0 aliphatic heterocycles. The molecule has 8 nitrogen and oxygen atoms in total. The average Bonchev–Trinajstić information content (AvgIpc) is 2.75. The fourth-order valence-corrected chi connectivity index (χ4v) is 3.66. The molecule has 12 heteroatoms. The van der Waals surface area contributed by atoms with Crippen LogP contribution in [0.25, 0.3) is 0 Å². The molecule has 4 N–H and O–H groups in total. The molecule has 33 heavy (non-hydrogen) atoms. The van der Waals surface area contributed by atoms with Crippen molar-refractivity contribution >= 4 is 70.6 Å². The number of unbranched alkanes of at least 4 members (excludes halogenated alkanes) is 1. The van der Waals surface area contributed by atoms with Gasteiger partial charge in [0.25, 0.3) is 11.8 Å². The summed E-state index contributed by atoms with van der Waals surface area (Å²) in [7, 11) is 0. The Bertz CT molecular complexity index is 1010. The average molecular weight is 534 g/mol. The molecule has 0 aliphatic carbocycles. The van der Waals surface area contributed by atoms with Crippen LogP contribution in [-0.4, -0.2) is 34.5 Å². The number of benzene rings is 2. The highest BCUT2D eigenvalue weighted by Gasteiger charge is 2.26. The van der Waals surface area contributed by atoms with E-state index < -0.39 is 17.7 Å². The van der Waals surface area contributed by atoms with Gasteiger partial charge >= 0.3 is 0 Å². The molecule has 2 rings (SSSR count). The minimum Gasteiger partial charge on any atom is -0.506 e. The molecule has 2 aromatic carbocycles. The standard InChI is InChI=1S/C21H20Cl4N4O4/c1-2-3-4-15(20(32)28-26-9-11-5-13(22)7-16(24)18(11)30)21(33)29-27-10-12-6-14(23)8-17(25)19(12)31/h5-10,15,30-31H,2-4H2,1H3,(H,28,32)(H,29,33). The molecule has 2 amide bonds. The number of phenolic OH excluding ortho intramolecular Hbond substituents is 2. The highest BCUT2D eigenvalue weighted by atomic mass is 35.5. The zero-order chi connectivity index (χ0) is 24.5. The first kappa shape index (κ1) is 26.7. The monoisotopic (exact) mass is 532 g/mol. The maximum atomic E-state index is 12.5. The lowest BCUT2D eigenvalue weighted by atomic mass is 10.0. The summed E-state index contributed by atoms with van der Waals surface area (Å²) in [5.41, 5.74) is 4.90. The zero-order valence-corrected chi connectivity index (χ0v) is 20.3. The molecular formula is C21H20Cl4N4O4. The first-order valence-electron chi connectivity index (χ1n) is 9.65. The molecule has 0 aromatic heterocycles. The first-order valence-corrected chi connectivity index (χ1v) is 11.2. The van der Waals surface area contributed by atoms with Crippen LogP contribution in [0.4, 0.5) is 0 Å². The Morgan fingerprint density at radius 3 is 1.70 bits per heavy atom. The van der Waals surface area contributed by atoms with Crippen LogP contribution >= 0.6 is 46.4 Å². The Morgan fingerprint density at radius 1 is 0.879 bits per heavy atom. The number of carbonyl (C=O) groups excluding carboxylic acids is 2. The molecule has 0 heterocycles. The third kappa shape index (κ3) is 7.78. The number of rotatable bonds is 9. The second kappa shape index (κ2) is 12.6. The van der Waals surface area contributed by atoms with Gasteiger partial charge in [0.1, 0.15) is 17.4 Å². The maximum absolute atomic E-state index is 12.5. The van der Waals surface area contributed by atoms with Gasteiger partial charge in [-0.25, -0.2) is 10.9 Å². The summed E-state index contributed by atoms with van der Waals surface area (Å²) in [4.78, 5) is 25.1. The van der Waals surface area contributed by atoms with Crippen molar-refractivity contribution in [2.45, 2.75) is 26.2 Å². The van der Waals surface area contributed by atoms with E-state index >= 15 is 0 Å². The van der Waals surface area contributed by atoms with Crippen molar-refractivity contribution in [3.05, 3.63) is 55.5 Å². The van der Waals surface area contributed by atoms with E-state index in [-0.39, 0.29) is 49.1 Å². The number of halogens is 4. The van der Waals surface area contributed by atoms with E-state index in [2.05, 4.69) is 21.1 Å². The molecule has 0 radical (unpaired) electrons. The summed E-state index contributed by atoms with van der Waals surface area (Å²) < 4.78 is 0. The summed E-state index contributed by atoms with van der Waals surface area (Å²) >= 11 is 23.5. The van der Waals surface area contributed by atoms with Gasteiger partial charge in [0, 0.05) is 21.2 Å². The minimum absolute atomic E-state index is 0.0281. The highest BCUT2D eigenvalue weighted by molar-refractivity contribution is 6.36. The Kier molecular flexibility index (Phi) is 10.2. The van der Waals surface area contributed by atoms with E-state index in [9.17, 15) is 19.8 Å². The van der Waals surface area contributed by atoms with Crippen LogP contribution in [0.15, 0.2) is 34.5 Å². The fourth-order valence-electron chi connectivity index (χ4n) is 2.64. The number of amides is 2. The Hall–Kier alpha value is -2.52. The van der Waals surface area contributed by atoms with Gasteiger partial charge < -0.3 is 10.2 Å². The molecule has 0 bridgehead atoms. The first-order chi connectivity index (χ1) is 15.6. The number of hydrazone groups is 2. The van der Waals surface area contributed by atoms with Gasteiger partial charge in [-0.05, 0) is 30.7 Å². The van der Waals surface area contributed by atoms with Gasteiger partial charge in [-0.3, -0.25) is 9.59 Å². The van der Waals surface area contributed by atoms with Crippen molar-refractivity contribution in [2.24, 2.45) is 16.1 Å². The quantitative estimate of drug-likeness (QED) is 0.203. The van der Waals surface area contributed by atoms with Gasteiger partial charge in [0.05, 0.1) is 22.5 Å². The number of hydrogen-bond donors (Lipinski definition) is 4. The molecular weight excluding hydrogens is 514 g/mol. The smallest absolute Gasteiger partial charge is 0.252 e. The lowest BCUT2D eigenvalue weighted by Crippen LogP contribution is -2.38. The molecule has 0 atom stereocenters. The van der Waals surface area contributed by atoms with Crippen molar-refractivity contribution in [3.8, 4) is 11.5 Å². The molecule has 2 aromatic rings. The second-order valence-corrected chi connectivity index (χ2v) is 8.50. The van der Waals surface area contributed by atoms with Crippen LogP contribution in [0.5, 0.6) is 11.5 Å². The van der Waals surface area contributed by atoms with Crippen molar-refractivity contribution in [1.29, 1.82) is 0 Å². The number of nitrogens with one attached hydrogen (secondary N) is 2. The molecule has 0 saturated carbocycles. The Morgan fingerprint density at radius 2 is 1.30 bits per heavy atom. The summed E-state index contributed by atoms with van der Waals surface area (Å²) in [5, 5.41) is 28.0. The van der Waals surface area contributed by atoms with Crippen LogP contribution in [0, 0.1) is 5.92 Å². The second-order valence-electron chi connectivity index (χ2n) is 6.81. The summed E-state index contributed by atoms with van der Waals surface area (Å²) in [6.07, 6.45) is 3.93. The van der Waals surface area contributed by atoms with Gasteiger partial charge in [0.15, 0.2) is 0 Å². The third-order valence-corrected chi connectivity index (χ3v) is 5.36. The van der Waals surface area contributed by atoms with E-state index in [1.165, 1.54) is 24.3 Å². The summed E-state index contributed by atoms with van der Waals surface area (Å²) in [6.45, 7) is 1.92. The Balaban J connectivity index is 2.08. The maximum Gasteiger partial charge on any atom is 0.252 e. The fraction of sp³-hybridized carbons (Fsp3) is 0.238. The number of phenols is 2. The SMILES string of the molecule is CCCCC(C(=O)NN=Cc1cc(Cl)cc(Cl)c1O)C(=O)NN=Cc1cc(Cl)cc(Cl)c1O. The van der Waals surface area contributed by atoms with Gasteiger partial charge in [0.2, 0.25) is 0 Å². The van der Waals surface area contributed by atoms with E-state index in [4.69, 9.17) is 46.4 Å². The molecule has 0 fully saturated rings. The topological polar surface area (TPSA) is 123 Å². The van der Waals surface area contributed by atoms with Crippen LogP contribution in [0.3, 0.4) is 0 Å². The van der Waals surface area contributed by atoms with E-state index in [0.717, 1.165) is 18.9 Å². The lowest BCUT2D eigenvalue weighted by Gasteiger charge is -2.13. The summed E-state index contributed by atoms with van der Waals surface area (Å²) in [6, 6.07) is 5.53. The van der Waals surface area contributed by atoms with Crippen LogP contribution in [0.1, 0.15) is 37.3 Å². The van der Waals surface area contributed by atoms with E-state index in [1.807, 2.05) is 6.92 Å². The largest absolute Gasteiger partial charge is 0.506 e. The number of carbonyl (C=O) groups is 2. The molecule has 0 unspecified atom stereocenters. The van der Waals surface area contributed by atoms with Crippen LogP contribution in [0.2, 0.25) is 20.1 Å². The normalized spacial score (nSPS) is 12.3. The van der Waals surface area contributed by atoms with Crippen molar-refractivity contribution in [2.75, 3.05) is 0 Å². The Labute approximate surface area is 210 Å². The number of hydrogen-bond acceptors (Lipinski definition) is 6. The lowest BCUT2D eigenvalue weighted by molar-refractivity contribution is -0.135. The molecule has 176 valence electrons. The molecule has 0 saturated heterocycles. The van der Waals surface area contributed by atoms with E-state index in [1.54, 1.807) is 0 Å². The van der Waals surface area contributed by atoms with Gasteiger partial charge in [-0.1, -0.05) is 66.2 Å². The molecule has 0 spiro atoms. The molecule has 0 aliphatic rings. The number of aromatic hydroxyl groups is 2.